The normalized spacial score (nSPS) is 10.4. The quantitative estimate of drug-likeness (QED) is 0.659. The van der Waals surface area contributed by atoms with E-state index in [4.69, 9.17) is 5.73 Å². The van der Waals surface area contributed by atoms with Crippen molar-refractivity contribution in [3.8, 4) is 11.3 Å². The Morgan fingerprint density at radius 1 is 1.16 bits per heavy atom. The third kappa shape index (κ3) is 3.35. The van der Waals surface area contributed by atoms with Crippen LogP contribution in [0.5, 0.6) is 0 Å². The Hall–Kier alpha value is -2.27. The maximum Gasteiger partial charge on any atom is 0.287 e. The van der Waals surface area contributed by atoms with Crippen molar-refractivity contribution in [3.05, 3.63) is 58.3 Å². The molecule has 0 saturated carbocycles. The molecule has 98 valence electrons. The van der Waals surface area contributed by atoms with Crippen LogP contribution in [0.4, 0.5) is 5.69 Å². The molecule has 2 aromatic rings. The van der Waals surface area contributed by atoms with Crippen LogP contribution in [0, 0.1) is 10.1 Å². The Bertz CT molecular complexity index is 550. The van der Waals surface area contributed by atoms with Gasteiger partial charge in [0.1, 0.15) is 6.20 Å². The number of hydrogen-bond donors (Lipinski definition) is 1. The first-order valence-corrected chi connectivity index (χ1v) is 6.10. The topological polar surface area (TPSA) is 82.0 Å². The van der Waals surface area contributed by atoms with Crippen LogP contribution in [-0.2, 0) is 6.42 Å². The van der Waals surface area contributed by atoms with Gasteiger partial charge >= 0.3 is 0 Å². The van der Waals surface area contributed by atoms with Crippen LogP contribution in [0.1, 0.15) is 12.0 Å². The van der Waals surface area contributed by atoms with Crippen molar-refractivity contribution in [2.45, 2.75) is 12.8 Å². The zero-order chi connectivity index (χ0) is 13.7. The molecular weight excluding hydrogens is 242 g/mol. The summed E-state index contributed by atoms with van der Waals surface area (Å²) in [5.41, 5.74) is 8.39. The Balaban J connectivity index is 2.15. The fraction of sp³-hybridized carbons (Fsp3) is 0.214. The third-order valence-electron chi connectivity index (χ3n) is 2.88. The van der Waals surface area contributed by atoms with Crippen molar-refractivity contribution in [3.63, 3.8) is 0 Å². The van der Waals surface area contributed by atoms with E-state index in [2.05, 4.69) is 4.98 Å². The van der Waals surface area contributed by atoms with Gasteiger partial charge in [0.2, 0.25) is 0 Å². The number of pyridine rings is 1. The number of benzene rings is 1. The molecule has 2 rings (SSSR count). The summed E-state index contributed by atoms with van der Waals surface area (Å²) >= 11 is 0. The van der Waals surface area contributed by atoms with Crippen LogP contribution in [0.15, 0.2) is 42.6 Å². The lowest BCUT2D eigenvalue weighted by molar-refractivity contribution is -0.385. The largest absolute Gasteiger partial charge is 0.330 e. The molecule has 5 heteroatoms. The molecule has 0 amide bonds. The highest BCUT2D eigenvalue weighted by Crippen LogP contribution is 2.20. The second-order valence-electron chi connectivity index (χ2n) is 4.25. The third-order valence-corrected chi connectivity index (χ3v) is 2.88. The van der Waals surface area contributed by atoms with E-state index in [-0.39, 0.29) is 5.69 Å². The molecule has 0 aliphatic rings. The van der Waals surface area contributed by atoms with E-state index in [9.17, 15) is 10.1 Å². The van der Waals surface area contributed by atoms with Gasteiger partial charge in [-0.3, -0.25) is 10.1 Å². The summed E-state index contributed by atoms with van der Waals surface area (Å²) in [6, 6.07) is 11.1. The number of rotatable bonds is 5. The van der Waals surface area contributed by atoms with Gasteiger partial charge in [-0.2, -0.15) is 0 Å². The van der Waals surface area contributed by atoms with Crippen molar-refractivity contribution >= 4 is 5.69 Å². The molecule has 0 aliphatic carbocycles. The highest BCUT2D eigenvalue weighted by molar-refractivity contribution is 5.60. The van der Waals surface area contributed by atoms with Gasteiger partial charge in [-0.15, -0.1) is 0 Å². The SMILES string of the molecule is NCCCc1ccc(-c2ccc([N+](=O)[O-])cn2)cc1. The summed E-state index contributed by atoms with van der Waals surface area (Å²) in [5, 5.41) is 10.5. The van der Waals surface area contributed by atoms with Gasteiger partial charge in [0, 0.05) is 11.6 Å². The van der Waals surface area contributed by atoms with Gasteiger partial charge < -0.3 is 5.73 Å². The van der Waals surface area contributed by atoms with Gasteiger partial charge in [-0.05, 0) is 31.0 Å². The van der Waals surface area contributed by atoms with E-state index in [0.29, 0.717) is 6.54 Å². The van der Waals surface area contributed by atoms with Crippen molar-refractivity contribution in [2.75, 3.05) is 6.54 Å². The fourth-order valence-electron chi connectivity index (χ4n) is 1.81. The van der Waals surface area contributed by atoms with Crippen LogP contribution in [-0.4, -0.2) is 16.5 Å². The zero-order valence-electron chi connectivity index (χ0n) is 10.5. The molecule has 1 aromatic carbocycles. The molecular formula is C14H15N3O2. The van der Waals surface area contributed by atoms with Gasteiger partial charge in [-0.1, -0.05) is 24.3 Å². The smallest absolute Gasteiger partial charge is 0.287 e. The molecule has 0 fully saturated rings. The van der Waals surface area contributed by atoms with E-state index in [0.717, 1.165) is 24.1 Å². The van der Waals surface area contributed by atoms with Crippen molar-refractivity contribution in [1.82, 2.24) is 4.98 Å². The van der Waals surface area contributed by atoms with E-state index in [1.165, 1.54) is 17.8 Å². The standard InChI is InChI=1S/C14H15N3O2/c15-9-1-2-11-3-5-12(6-4-11)14-8-7-13(10-16-14)17(18)19/h3-8,10H,1-2,9,15H2. The molecule has 1 aromatic heterocycles. The van der Waals surface area contributed by atoms with Gasteiger partial charge in [0.25, 0.3) is 5.69 Å². The molecule has 0 atom stereocenters. The highest BCUT2D eigenvalue weighted by Gasteiger charge is 2.06. The van der Waals surface area contributed by atoms with Crippen LogP contribution in [0.25, 0.3) is 11.3 Å². The number of hydrogen-bond acceptors (Lipinski definition) is 4. The van der Waals surface area contributed by atoms with Crippen LogP contribution < -0.4 is 5.73 Å². The lowest BCUT2D eigenvalue weighted by Crippen LogP contribution is -2.00. The predicted octanol–water partition coefficient (Wildman–Crippen LogP) is 2.55. The summed E-state index contributed by atoms with van der Waals surface area (Å²) in [6.45, 7) is 0.686. The average molecular weight is 257 g/mol. The lowest BCUT2D eigenvalue weighted by Gasteiger charge is -2.03. The first kappa shape index (κ1) is 13.2. The first-order valence-electron chi connectivity index (χ1n) is 6.10. The second kappa shape index (κ2) is 6.06. The lowest BCUT2D eigenvalue weighted by atomic mass is 10.1. The number of aryl methyl sites for hydroxylation is 1. The van der Waals surface area contributed by atoms with E-state index in [1.54, 1.807) is 6.07 Å². The van der Waals surface area contributed by atoms with Crippen molar-refractivity contribution in [1.29, 1.82) is 0 Å². The summed E-state index contributed by atoms with van der Waals surface area (Å²) < 4.78 is 0. The molecule has 0 aliphatic heterocycles. The summed E-state index contributed by atoms with van der Waals surface area (Å²) in [5.74, 6) is 0. The Morgan fingerprint density at radius 2 is 1.89 bits per heavy atom. The number of nitrogens with two attached hydrogens (primary N) is 1. The molecule has 0 bridgehead atoms. The molecule has 0 radical (unpaired) electrons. The molecule has 1 heterocycles. The molecule has 0 spiro atoms. The Morgan fingerprint density at radius 3 is 2.42 bits per heavy atom. The van der Waals surface area contributed by atoms with Gasteiger partial charge in [0.05, 0.1) is 10.6 Å². The van der Waals surface area contributed by atoms with E-state index in [1.807, 2.05) is 24.3 Å². The summed E-state index contributed by atoms with van der Waals surface area (Å²) in [7, 11) is 0. The van der Waals surface area contributed by atoms with Crippen LogP contribution in [0.3, 0.4) is 0 Å². The average Bonchev–Trinajstić information content (AvgIpc) is 2.46. The van der Waals surface area contributed by atoms with E-state index >= 15 is 0 Å². The van der Waals surface area contributed by atoms with Crippen LogP contribution in [0.2, 0.25) is 0 Å². The van der Waals surface area contributed by atoms with Crippen molar-refractivity contribution in [2.24, 2.45) is 5.73 Å². The van der Waals surface area contributed by atoms with Crippen molar-refractivity contribution < 1.29 is 4.92 Å². The summed E-state index contributed by atoms with van der Waals surface area (Å²) in [4.78, 5) is 14.2. The molecule has 5 nitrogen and oxygen atoms in total. The Labute approximate surface area is 111 Å². The molecule has 0 saturated heterocycles. The summed E-state index contributed by atoms with van der Waals surface area (Å²) in [6.07, 6.45) is 3.21. The molecule has 0 unspecified atom stereocenters. The minimum absolute atomic E-state index is 0.00307. The maximum absolute atomic E-state index is 10.5. The Kier molecular flexibility index (Phi) is 4.20. The highest BCUT2D eigenvalue weighted by atomic mass is 16.6. The monoisotopic (exact) mass is 257 g/mol. The first-order chi connectivity index (χ1) is 9.20. The fourth-order valence-corrected chi connectivity index (χ4v) is 1.81. The number of aromatic nitrogens is 1. The minimum Gasteiger partial charge on any atom is -0.330 e. The molecule has 2 N–H and O–H groups in total. The number of nitrogens with zero attached hydrogens (tertiary/aromatic N) is 2. The molecule has 19 heavy (non-hydrogen) atoms. The van der Waals surface area contributed by atoms with Gasteiger partial charge in [-0.25, -0.2) is 4.98 Å². The minimum atomic E-state index is -0.452. The second-order valence-corrected chi connectivity index (χ2v) is 4.25. The predicted molar refractivity (Wildman–Crippen MR) is 73.7 cm³/mol. The van der Waals surface area contributed by atoms with E-state index < -0.39 is 4.92 Å². The maximum atomic E-state index is 10.5. The zero-order valence-corrected chi connectivity index (χ0v) is 10.5. The van der Waals surface area contributed by atoms with Gasteiger partial charge in [0.15, 0.2) is 0 Å². The van der Waals surface area contributed by atoms with Crippen LogP contribution >= 0.6 is 0 Å². The number of nitro groups is 1.